The van der Waals surface area contributed by atoms with Crippen molar-refractivity contribution in [3.8, 4) is 5.75 Å². The van der Waals surface area contributed by atoms with Gasteiger partial charge in [-0.25, -0.2) is 4.79 Å². The molecular weight excluding hydrogens is 336 g/mol. The number of anilines is 1. The van der Waals surface area contributed by atoms with Crippen LogP contribution in [-0.4, -0.2) is 52.0 Å². The second-order valence-corrected chi connectivity index (χ2v) is 6.71. The van der Waals surface area contributed by atoms with Crippen molar-refractivity contribution in [2.75, 3.05) is 25.5 Å². The monoisotopic (exact) mass is 358 g/mol. The number of aromatic nitrogens is 2. The number of hydrogen-bond acceptors (Lipinski definition) is 4. The summed E-state index contributed by atoms with van der Waals surface area (Å²) in [6, 6.07) is 9.06. The summed E-state index contributed by atoms with van der Waals surface area (Å²) in [5, 5.41) is 16.3. The van der Waals surface area contributed by atoms with Gasteiger partial charge in [0, 0.05) is 25.4 Å². The van der Waals surface area contributed by atoms with Crippen molar-refractivity contribution in [1.29, 1.82) is 0 Å². The minimum Gasteiger partial charge on any atom is -0.497 e. The maximum atomic E-state index is 12.3. The summed E-state index contributed by atoms with van der Waals surface area (Å²) >= 11 is 0. The van der Waals surface area contributed by atoms with Gasteiger partial charge in [-0.3, -0.25) is 14.8 Å². The van der Waals surface area contributed by atoms with Crippen LogP contribution in [0, 0.1) is 5.41 Å². The number of nitrogens with one attached hydrogen (secondary N) is 1. The van der Waals surface area contributed by atoms with Gasteiger partial charge in [-0.1, -0.05) is 12.1 Å². The minimum atomic E-state index is -0.884. The van der Waals surface area contributed by atoms with Gasteiger partial charge in [-0.2, -0.15) is 5.10 Å². The Morgan fingerprint density at radius 2 is 2.04 bits per heavy atom. The van der Waals surface area contributed by atoms with Gasteiger partial charge in [0.1, 0.15) is 5.75 Å². The Hall–Kier alpha value is -3.03. The number of carbonyl (C=O) groups is 2. The van der Waals surface area contributed by atoms with E-state index in [1.165, 1.54) is 4.90 Å². The van der Waals surface area contributed by atoms with Crippen molar-refractivity contribution >= 4 is 17.8 Å². The topological polar surface area (TPSA) is 96.7 Å². The van der Waals surface area contributed by atoms with Gasteiger partial charge in [0.15, 0.2) is 5.82 Å². The molecule has 1 saturated heterocycles. The lowest BCUT2D eigenvalue weighted by Crippen LogP contribution is -2.37. The molecule has 8 nitrogen and oxygen atoms in total. The quantitative estimate of drug-likeness (QED) is 0.855. The summed E-state index contributed by atoms with van der Waals surface area (Å²) < 4.78 is 6.86. The normalized spacial score (nSPS) is 19.4. The first-order valence-corrected chi connectivity index (χ1v) is 8.35. The lowest BCUT2D eigenvalue weighted by atomic mass is 9.90. The summed E-state index contributed by atoms with van der Waals surface area (Å²) in [6.07, 6.45) is 2.23. The van der Waals surface area contributed by atoms with Crippen LogP contribution in [0.4, 0.5) is 10.6 Å². The van der Waals surface area contributed by atoms with Crippen LogP contribution < -0.4 is 10.1 Å². The highest BCUT2D eigenvalue weighted by Gasteiger charge is 2.42. The highest BCUT2D eigenvalue weighted by atomic mass is 16.5. The fourth-order valence-corrected chi connectivity index (χ4v) is 2.93. The molecule has 2 aromatic rings. The molecule has 2 heterocycles. The molecule has 1 atom stereocenters. The molecule has 3 rings (SSSR count). The largest absolute Gasteiger partial charge is 0.497 e. The number of carboxylic acid groups (broad SMARTS) is 1. The van der Waals surface area contributed by atoms with Crippen LogP contribution in [0.25, 0.3) is 0 Å². The van der Waals surface area contributed by atoms with Gasteiger partial charge >= 0.3 is 12.0 Å². The third kappa shape index (κ3) is 3.79. The first-order valence-electron chi connectivity index (χ1n) is 8.35. The maximum absolute atomic E-state index is 12.3. The van der Waals surface area contributed by atoms with Crippen LogP contribution in [0.2, 0.25) is 0 Å². The average molecular weight is 358 g/mol. The molecule has 0 radical (unpaired) electrons. The molecule has 2 amide bonds. The first kappa shape index (κ1) is 17.8. The van der Waals surface area contributed by atoms with E-state index in [1.54, 1.807) is 31.0 Å². The van der Waals surface area contributed by atoms with Crippen molar-refractivity contribution in [3.63, 3.8) is 0 Å². The average Bonchev–Trinajstić information content (AvgIpc) is 3.23. The Kier molecular flexibility index (Phi) is 4.83. The summed E-state index contributed by atoms with van der Waals surface area (Å²) in [4.78, 5) is 25.1. The Morgan fingerprint density at radius 1 is 1.31 bits per heavy atom. The number of amides is 2. The van der Waals surface area contributed by atoms with Gasteiger partial charge in [-0.05, 0) is 31.0 Å². The molecule has 0 bridgehead atoms. The van der Waals surface area contributed by atoms with Crippen molar-refractivity contribution in [2.45, 2.75) is 19.9 Å². The number of benzene rings is 1. The number of urea groups is 1. The fraction of sp³-hybridized carbons (Fsp3) is 0.389. The number of methoxy groups -OCH3 is 1. The van der Waals surface area contributed by atoms with Gasteiger partial charge in [0.05, 0.1) is 19.1 Å². The second kappa shape index (κ2) is 7.07. The molecule has 26 heavy (non-hydrogen) atoms. The van der Waals surface area contributed by atoms with E-state index in [2.05, 4.69) is 10.4 Å². The molecule has 1 fully saturated rings. The molecule has 8 heteroatoms. The van der Waals surface area contributed by atoms with Gasteiger partial charge in [0.25, 0.3) is 0 Å². The van der Waals surface area contributed by atoms with Crippen molar-refractivity contribution in [3.05, 3.63) is 42.1 Å². The predicted molar refractivity (Wildman–Crippen MR) is 95.3 cm³/mol. The summed E-state index contributed by atoms with van der Waals surface area (Å²) in [6.45, 7) is 2.84. The second-order valence-electron chi connectivity index (χ2n) is 6.71. The Bertz CT molecular complexity index is 802. The molecule has 1 unspecified atom stereocenters. The number of carboxylic acids is 1. The summed E-state index contributed by atoms with van der Waals surface area (Å²) in [5.74, 6) is 0.352. The zero-order valence-corrected chi connectivity index (χ0v) is 14.8. The lowest BCUT2D eigenvalue weighted by molar-refractivity contribution is -0.146. The van der Waals surface area contributed by atoms with E-state index >= 15 is 0 Å². The molecule has 0 aliphatic carbocycles. The van der Waals surface area contributed by atoms with Crippen molar-refractivity contribution < 1.29 is 19.4 Å². The van der Waals surface area contributed by atoms with Crippen LogP contribution in [0.3, 0.4) is 0 Å². The van der Waals surface area contributed by atoms with Gasteiger partial charge < -0.3 is 14.7 Å². The van der Waals surface area contributed by atoms with Gasteiger partial charge in [-0.15, -0.1) is 0 Å². The van der Waals surface area contributed by atoms with Crippen LogP contribution >= 0.6 is 0 Å². The molecular formula is C18H22N4O4. The number of rotatable bonds is 5. The van der Waals surface area contributed by atoms with Crippen LogP contribution in [0.5, 0.6) is 5.75 Å². The summed E-state index contributed by atoms with van der Waals surface area (Å²) in [7, 11) is 1.62. The smallest absolute Gasteiger partial charge is 0.323 e. The first-order chi connectivity index (χ1) is 12.4. The predicted octanol–water partition coefficient (Wildman–Crippen LogP) is 2.27. The van der Waals surface area contributed by atoms with Crippen molar-refractivity contribution in [2.24, 2.45) is 5.41 Å². The minimum absolute atomic E-state index is 0.195. The van der Waals surface area contributed by atoms with Crippen molar-refractivity contribution in [1.82, 2.24) is 14.7 Å². The van der Waals surface area contributed by atoms with E-state index in [-0.39, 0.29) is 12.6 Å². The lowest BCUT2D eigenvalue weighted by Gasteiger charge is -2.20. The molecule has 0 spiro atoms. The Labute approximate surface area is 151 Å². The molecule has 1 aromatic carbocycles. The highest BCUT2D eigenvalue weighted by Crippen LogP contribution is 2.30. The number of hydrogen-bond donors (Lipinski definition) is 2. The standard InChI is InChI=1S/C18H22N4O4/c1-18(16(23)24)8-10-21(12-18)17(25)19-15-7-9-22(20-15)11-13-3-5-14(26-2)6-4-13/h3-7,9H,8,10-12H2,1-2H3,(H,23,24)(H,19,20,25). The van der Waals surface area contributed by atoms with E-state index in [0.29, 0.717) is 25.3 Å². The molecule has 1 aliphatic heterocycles. The van der Waals surface area contributed by atoms with Crippen LogP contribution in [0.1, 0.15) is 18.9 Å². The zero-order chi connectivity index (χ0) is 18.7. The number of likely N-dealkylation sites (tertiary alicyclic amines) is 1. The SMILES string of the molecule is COc1ccc(Cn2ccc(NC(=O)N3CCC(C)(C(=O)O)C3)n2)cc1. The van der Waals surface area contributed by atoms with Crippen LogP contribution in [0.15, 0.2) is 36.5 Å². The molecule has 1 aliphatic rings. The maximum Gasteiger partial charge on any atom is 0.323 e. The van der Waals surface area contributed by atoms with E-state index in [9.17, 15) is 14.7 Å². The van der Waals surface area contributed by atoms with E-state index in [4.69, 9.17) is 4.74 Å². The number of ether oxygens (including phenoxy) is 1. The molecule has 2 N–H and O–H groups in total. The number of carbonyl (C=O) groups excluding carboxylic acids is 1. The van der Waals surface area contributed by atoms with E-state index in [0.717, 1.165) is 11.3 Å². The van der Waals surface area contributed by atoms with E-state index in [1.807, 2.05) is 24.3 Å². The van der Waals surface area contributed by atoms with Crippen LogP contribution in [-0.2, 0) is 11.3 Å². The third-order valence-electron chi connectivity index (χ3n) is 4.66. The zero-order valence-electron chi connectivity index (χ0n) is 14.8. The molecule has 1 aromatic heterocycles. The molecule has 0 saturated carbocycles. The Balaban J connectivity index is 1.58. The van der Waals surface area contributed by atoms with E-state index < -0.39 is 11.4 Å². The molecule has 138 valence electrons. The van der Waals surface area contributed by atoms with Gasteiger partial charge in [0.2, 0.25) is 0 Å². The number of nitrogens with zero attached hydrogens (tertiary/aromatic N) is 3. The summed E-state index contributed by atoms with van der Waals surface area (Å²) in [5.41, 5.74) is 0.175. The fourth-order valence-electron chi connectivity index (χ4n) is 2.93. The number of aliphatic carboxylic acids is 1. The Morgan fingerprint density at radius 3 is 2.65 bits per heavy atom. The highest BCUT2D eigenvalue weighted by molar-refractivity contribution is 5.89. The third-order valence-corrected chi connectivity index (χ3v) is 4.66.